The molecule has 0 unspecified atom stereocenters. The van der Waals surface area contributed by atoms with Gasteiger partial charge in [0, 0.05) is 18.7 Å². The SMILES string of the molecule is CCN1CC(=Cc2ccc(F)cc2)C2=C(C1)[C@@H](c1ccc(F)cc1)C(C#N)=C(N)O2. The standard InChI is InChI=1S/C24H21F2N3O/c1-2-29-13-17(11-15-3-7-18(25)8-4-15)23-21(14-29)22(20(12-27)24(28)30-23)16-5-9-19(26)10-6-16/h3-11,22H,2,13-14,28H2,1H3/t22-/m0/s1. The third-order valence-corrected chi connectivity index (χ3v) is 5.47. The van der Waals surface area contributed by atoms with Crippen LogP contribution >= 0.6 is 0 Å². The van der Waals surface area contributed by atoms with Crippen molar-refractivity contribution in [3.63, 3.8) is 0 Å². The zero-order valence-corrected chi connectivity index (χ0v) is 16.5. The Morgan fingerprint density at radius 3 is 2.33 bits per heavy atom. The lowest BCUT2D eigenvalue weighted by Gasteiger charge is -2.38. The molecule has 0 amide bonds. The fraction of sp³-hybridized carbons (Fsp3) is 0.208. The van der Waals surface area contributed by atoms with Gasteiger partial charge in [0.15, 0.2) is 0 Å². The zero-order valence-electron chi connectivity index (χ0n) is 16.5. The van der Waals surface area contributed by atoms with E-state index in [0.717, 1.165) is 28.8 Å². The van der Waals surface area contributed by atoms with Crippen molar-refractivity contribution in [2.75, 3.05) is 19.6 Å². The second-order valence-electron chi connectivity index (χ2n) is 7.36. The van der Waals surface area contributed by atoms with E-state index in [9.17, 15) is 14.0 Å². The van der Waals surface area contributed by atoms with Crippen LogP contribution in [0, 0.1) is 23.0 Å². The molecule has 2 aliphatic heterocycles. The van der Waals surface area contributed by atoms with Crippen molar-refractivity contribution in [1.82, 2.24) is 4.90 Å². The van der Waals surface area contributed by atoms with E-state index in [1.807, 2.05) is 6.08 Å². The minimum Gasteiger partial charge on any atom is -0.440 e. The monoisotopic (exact) mass is 405 g/mol. The first-order valence-electron chi connectivity index (χ1n) is 9.75. The van der Waals surface area contributed by atoms with Crippen LogP contribution in [0.25, 0.3) is 6.08 Å². The van der Waals surface area contributed by atoms with Gasteiger partial charge >= 0.3 is 0 Å². The molecule has 2 heterocycles. The quantitative estimate of drug-likeness (QED) is 0.820. The van der Waals surface area contributed by atoms with E-state index in [1.54, 1.807) is 24.3 Å². The van der Waals surface area contributed by atoms with Crippen LogP contribution in [-0.4, -0.2) is 24.5 Å². The summed E-state index contributed by atoms with van der Waals surface area (Å²) < 4.78 is 32.8. The summed E-state index contributed by atoms with van der Waals surface area (Å²) in [6.45, 7) is 4.10. The molecule has 2 aliphatic rings. The van der Waals surface area contributed by atoms with Crippen LogP contribution in [-0.2, 0) is 4.74 Å². The molecule has 0 saturated heterocycles. The van der Waals surface area contributed by atoms with Crippen LogP contribution in [0.4, 0.5) is 8.78 Å². The summed E-state index contributed by atoms with van der Waals surface area (Å²) in [5.74, 6) is -0.362. The van der Waals surface area contributed by atoms with Gasteiger partial charge in [-0.1, -0.05) is 31.2 Å². The molecule has 1 atom stereocenters. The fourth-order valence-corrected chi connectivity index (χ4v) is 3.96. The number of likely N-dealkylation sites (N-methyl/N-ethyl adjacent to an activating group) is 1. The van der Waals surface area contributed by atoms with E-state index < -0.39 is 5.92 Å². The van der Waals surface area contributed by atoms with Crippen LogP contribution in [0.1, 0.15) is 24.0 Å². The Labute approximate surface area is 174 Å². The number of benzene rings is 2. The zero-order chi connectivity index (χ0) is 21.3. The Hall–Kier alpha value is -3.43. The average molecular weight is 405 g/mol. The van der Waals surface area contributed by atoms with Gasteiger partial charge in [0.25, 0.3) is 0 Å². The Bertz CT molecular complexity index is 1090. The summed E-state index contributed by atoms with van der Waals surface area (Å²) in [4.78, 5) is 2.23. The normalized spacial score (nSPS) is 20.7. The van der Waals surface area contributed by atoms with Crippen molar-refractivity contribution in [1.29, 1.82) is 5.26 Å². The van der Waals surface area contributed by atoms with E-state index in [-0.39, 0.29) is 17.5 Å². The molecule has 0 radical (unpaired) electrons. The van der Waals surface area contributed by atoms with Crippen LogP contribution in [0.3, 0.4) is 0 Å². The molecule has 0 bridgehead atoms. The topological polar surface area (TPSA) is 62.3 Å². The number of nitrogens with zero attached hydrogens (tertiary/aromatic N) is 2. The Balaban J connectivity index is 1.86. The highest BCUT2D eigenvalue weighted by molar-refractivity contribution is 5.63. The highest BCUT2D eigenvalue weighted by Crippen LogP contribution is 2.43. The summed E-state index contributed by atoms with van der Waals surface area (Å²) in [7, 11) is 0. The van der Waals surface area contributed by atoms with Gasteiger partial charge in [-0.3, -0.25) is 4.90 Å². The third-order valence-electron chi connectivity index (χ3n) is 5.47. The molecule has 0 fully saturated rings. The van der Waals surface area contributed by atoms with Gasteiger partial charge in [0.05, 0.1) is 5.92 Å². The number of halogens is 2. The van der Waals surface area contributed by atoms with Gasteiger partial charge in [-0.2, -0.15) is 5.26 Å². The lowest BCUT2D eigenvalue weighted by Crippen LogP contribution is -2.38. The molecule has 4 rings (SSSR count). The molecule has 0 aliphatic carbocycles. The van der Waals surface area contributed by atoms with Crippen molar-refractivity contribution < 1.29 is 13.5 Å². The van der Waals surface area contributed by atoms with Gasteiger partial charge in [-0.15, -0.1) is 0 Å². The minimum absolute atomic E-state index is 0.0560. The van der Waals surface area contributed by atoms with E-state index in [1.165, 1.54) is 24.3 Å². The molecule has 152 valence electrons. The molecular formula is C24H21F2N3O. The summed E-state index contributed by atoms with van der Waals surface area (Å²) in [6, 6.07) is 14.5. The maximum Gasteiger partial charge on any atom is 0.205 e. The Morgan fingerprint density at radius 1 is 1.10 bits per heavy atom. The van der Waals surface area contributed by atoms with Crippen molar-refractivity contribution >= 4 is 6.08 Å². The van der Waals surface area contributed by atoms with Crippen molar-refractivity contribution in [3.8, 4) is 6.07 Å². The van der Waals surface area contributed by atoms with Gasteiger partial charge in [0.1, 0.15) is 29.0 Å². The van der Waals surface area contributed by atoms with Crippen molar-refractivity contribution in [2.45, 2.75) is 12.8 Å². The second kappa shape index (κ2) is 8.13. The predicted molar refractivity (Wildman–Crippen MR) is 111 cm³/mol. The molecule has 0 spiro atoms. The molecule has 2 N–H and O–H groups in total. The number of rotatable bonds is 3. The maximum absolute atomic E-state index is 13.5. The first-order chi connectivity index (χ1) is 14.5. The van der Waals surface area contributed by atoms with E-state index in [4.69, 9.17) is 10.5 Å². The molecule has 4 nitrogen and oxygen atoms in total. The molecule has 0 saturated carbocycles. The average Bonchev–Trinajstić information content (AvgIpc) is 2.75. The number of hydrogen-bond acceptors (Lipinski definition) is 4. The van der Waals surface area contributed by atoms with Gasteiger partial charge in [-0.05, 0) is 53.6 Å². The highest BCUT2D eigenvalue weighted by atomic mass is 19.1. The Morgan fingerprint density at radius 2 is 1.73 bits per heavy atom. The van der Waals surface area contributed by atoms with Gasteiger partial charge < -0.3 is 10.5 Å². The lowest BCUT2D eigenvalue weighted by atomic mass is 9.80. The van der Waals surface area contributed by atoms with Crippen LogP contribution in [0.15, 0.2) is 76.9 Å². The van der Waals surface area contributed by atoms with Crippen molar-refractivity contribution in [3.05, 3.63) is 99.7 Å². The summed E-state index contributed by atoms with van der Waals surface area (Å²) in [5, 5.41) is 9.76. The largest absolute Gasteiger partial charge is 0.440 e. The van der Waals surface area contributed by atoms with E-state index in [0.29, 0.717) is 24.4 Å². The molecule has 0 aromatic heterocycles. The van der Waals surface area contributed by atoms with Crippen LogP contribution < -0.4 is 5.73 Å². The smallest absolute Gasteiger partial charge is 0.205 e. The number of nitriles is 1. The Kier molecular flexibility index (Phi) is 5.39. The van der Waals surface area contributed by atoms with E-state index in [2.05, 4.69) is 17.9 Å². The number of ether oxygens (including phenoxy) is 1. The molecular weight excluding hydrogens is 384 g/mol. The van der Waals surface area contributed by atoms with Crippen molar-refractivity contribution in [2.24, 2.45) is 5.73 Å². The van der Waals surface area contributed by atoms with E-state index >= 15 is 0 Å². The maximum atomic E-state index is 13.5. The first-order valence-corrected chi connectivity index (χ1v) is 9.75. The molecule has 2 aromatic carbocycles. The summed E-state index contributed by atoms with van der Waals surface area (Å²) >= 11 is 0. The van der Waals surface area contributed by atoms with Crippen LogP contribution in [0.5, 0.6) is 0 Å². The van der Waals surface area contributed by atoms with Crippen LogP contribution in [0.2, 0.25) is 0 Å². The molecule has 6 heteroatoms. The lowest BCUT2D eigenvalue weighted by molar-refractivity contribution is 0.239. The first kappa shape index (κ1) is 19.9. The molecule has 2 aromatic rings. The molecule has 30 heavy (non-hydrogen) atoms. The van der Waals surface area contributed by atoms with Gasteiger partial charge in [0.2, 0.25) is 5.88 Å². The van der Waals surface area contributed by atoms with Gasteiger partial charge in [-0.25, -0.2) is 8.78 Å². The second-order valence-corrected chi connectivity index (χ2v) is 7.36. The minimum atomic E-state index is -0.412. The number of nitrogens with two attached hydrogens (primary N) is 1. The summed E-state index contributed by atoms with van der Waals surface area (Å²) in [6.07, 6.45) is 1.95. The third kappa shape index (κ3) is 3.72. The fourth-order valence-electron chi connectivity index (χ4n) is 3.96. The summed E-state index contributed by atoms with van der Waals surface area (Å²) in [5.41, 5.74) is 9.89. The predicted octanol–water partition coefficient (Wildman–Crippen LogP) is 4.45. The highest BCUT2D eigenvalue weighted by Gasteiger charge is 2.37. The number of allylic oxidation sites excluding steroid dienone is 1. The number of hydrogen-bond donors (Lipinski definition) is 1.